The van der Waals surface area contributed by atoms with E-state index in [1.54, 1.807) is 30.3 Å². The van der Waals surface area contributed by atoms with Gasteiger partial charge in [-0.3, -0.25) is 4.90 Å². The van der Waals surface area contributed by atoms with Crippen molar-refractivity contribution in [2.45, 2.75) is 6.54 Å². The van der Waals surface area contributed by atoms with Crippen LogP contribution in [0.15, 0.2) is 57.7 Å². The second-order valence-electron chi connectivity index (χ2n) is 5.79. The highest BCUT2D eigenvalue weighted by atomic mass is 19.1. The van der Waals surface area contributed by atoms with Crippen molar-refractivity contribution in [1.29, 1.82) is 0 Å². The fourth-order valence-corrected chi connectivity index (χ4v) is 2.59. The van der Waals surface area contributed by atoms with Crippen LogP contribution in [0.4, 0.5) is 4.39 Å². The minimum atomic E-state index is -0.468. The summed E-state index contributed by atoms with van der Waals surface area (Å²) in [6.07, 6.45) is 0. The summed E-state index contributed by atoms with van der Waals surface area (Å²) in [6.45, 7) is 1.36. The van der Waals surface area contributed by atoms with Crippen LogP contribution < -0.4 is 10.4 Å². The fraction of sp³-hybridized carbons (Fsp3) is 0.211. The van der Waals surface area contributed by atoms with Crippen LogP contribution in [-0.2, 0) is 6.54 Å². The molecule has 0 saturated carbocycles. The number of likely N-dealkylation sites (N-methyl/N-ethyl adjacent to an activating group) is 1. The summed E-state index contributed by atoms with van der Waals surface area (Å²) in [5, 5.41) is 10.3. The van der Waals surface area contributed by atoms with Crippen molar-refractivity contribution in [2.75, 3.05) is 20.2 Å². The van der Waals surface area contributed by atoms with Gasteiger partial charge in [0.1, 0.15) is 17.9 Å². The van der Waals surface area contributed by atoms with E-state index in [2.05, 4.69) is 0 Å². The number of hydrogen-bond donors (Lipinski definition) is 1. The number of phenols is 1. The molecule has 1 heterocycles. The number of phenolic OH excluding ortho intramolecular Hbond substituents is 1. The van der Waals surface area contributed by atoms with Crippen LogP contribution >= 0.6 is 0 Å². The third kappa shape index (κ3) is 4.16. The Morgan fingerprint density at radius 3 is 2.80 bits per heavy atom. The summed E-state index contributed by atoms with van der Waals surface area (Å²) < 4.78 is 24.1. The van der Waals surface area contributed by atoms with Crippen molar-refractivity contribution in [1.82, 2.24) is 4.90 Å². The molecule has 1 aromatic heterocycles. The number of hydrogen-bond acceptors (Lipinski definition) is 5. The Bertz CT molecular complexity index is 938. The van der Waals surface area contributed by atoms with E-state index < -0.39 is 11.4 Å². The molecule has 25 heavy (non-hydrogen) atoms. The van der Waals surface area contributed by atoms with E-state index in [9.17, 15) is 14.3 Å². The molecule has 0 aliphatic heterocycles. The van der Waals surface area contributed by atoms with E-state index in [1.165, 1.54) is 18.2 Å². The third-order valence-electron chi connectivity index (χ3n) is 3.82. The number of aromatic hydroxyl groups is 1. The van der Waals surface area contributed by atoms with Gasteiger partial charge in [0.25, 0.3) is 0 Å². The lowest BCUT2D eigenvalue weighted by Gasteiger charge is -2.18. The van der Waals surface area contributed by atoms with Crippen molar-refractivity contribution in [3.8, 4) is 11.5 Å². The highest BCUT2D eigenvalue weighted by Crippen LogP contribution is 2.22. The van der Waals surface area contributed by atoms with Crippen molar-refractivity contribution >= 4 is 11.0 Å². The molecule has 5 nitrogen and oxygen atoms in total. The van der Waals surface area contributed by atoms with E-state index in [-0.39, 0.29) is 11.5 Å². The SMILES string of the molecule is CN(CCOc1ccccc1F)Cc1cc(=O)oc2cc(O)ccc12. The molecule has 0 fully saturated rings. The Labute approximate surface area is 143 Å². The monoisotopic (exact) mass is 343 g/mol. The largest absolute Gasteiger partial charge is 0.508 e. The topological polar surface area (TPSA) is 62.9 Å². The maximum absolute atomic E-state index is 13.5. The molecule has 130 valence electrons. The van der Waals surface area contributed by atoms with Gasteiger partial charge < -0.3 is 14.3 Å². The summed E-state index contributed by atoms with van der Waals surface area (Å²) in [7, 11) is 1.88. The average Bonchev–Trinajstić information content (AvgIpc) is 2.56. The van der Waals surface area contributed by atoms with E-state index >= 15 is 0 Å². The third-order valence-corrected chi connectivity index (χ3v) is 3.82. The molecule has 0 radical (unpaired) electrons. The van der Waals surface area contributed by atoms with Gasteiger partial charge in [-0.05, 0) is 36.9 Å². The summed E-state index contributed by atoms with van der Waals surface area (Å²) in [5.41, 5.74) is 0.669. The van der Waals surface area contributed by atoms with Gasteiger partial charge in [-0.2, -0.15) is 0 Å². The molecule has 0 amide bonds. The number of halogens is 1. The first kappa shape index (κ1) is 17.0. The second-order valence-corrected chi connectivity index (χ2v) is 5.79. The summed E-state index contributed by atoms with van der Waals surface area (Å²) >= 11 is 0. The molecule has 3 rings (SSSR count). The van der Waals surface area contributed by atoms with Gasteiger partial charge in [0.15, 0.2) is 11.6 Å². The summed E-state index contributed by atoms with van der Waals surface area (Å²) in [5.74, 6) is -0.131. The van der Waals surface area contributed by atoms with E-state index in [1.807, 2.05) is 11.9 Å². The number of rotatable bonds is 6. The number of nitrogens with zero attached hydrogens (tertiary/aromatic N) is 1. The summed E-state index contributed by atoms with van der Waals surface area (Å²) in [4.78, 5) is 13.7. The molecule has 6 heteroatoms. The molecule has 3 aromatic rings. The molecule has 0 spiro atoms. The standard InChI is InChI=1S/C19H18FNO4/c1-21(8-9-24-17-5-3-2-4-16(17)20)12-13-10-19(23)25-18-11-14(22)6-7-15(13)18/h2-7,10-11,22H,8-9,12H2,1H3. The highest BCUT2D eigenvalue weighted by Gasteiger charge is 2.09. The van der Waals surface area contributed by atoms with Crippen molar-refractivity contribution in [3.05, 3.63) is 70.3 Å². The molecule has 0 unspecified atom stereocenters. The lowest BCUT2D eigenvalue weighted by molar-refractivity contribution is 0.227. The van der Waals surface area contributed by atoms with Crippen molar-refractivity contribution in [2.24, 2.45) is 0 Å². The van der Waals surface area contributed by atoms with E-state index in [4.69, 9.17) is 9.15 Å². The zero-order valence-corrected chi connectivity index (χ0v) is 13.7. The smallest absolute Gasteiger partial charge is 0.336 e. The molecular weight excluding hydrogens is 325 g/mol. The van der Waals surface area contributed by atoms with E-state index in [0.717, 1.165) is 10.9 Å². The first-order valence-electron chi connectivity index (χ1n) is 7.84. The number of benzene rings is 2. The predicted molar refractivity (Wildman–Crippen MR) is 92.4 cm³/mol. The Balaban J connectivity index is 1.67. The van der Waals surface area contributed by atoms with Crippen LogP contribution in [-0.4, -0.2) is 30.2 Å². The first-order chi connectivity index (χ1) is 12.0. The van der Waals surface area contributed by atoms with Gasteiger partial charge >= 0.3 is 5.63 Å². The van der Waals surface area contributed by atoms with Crippen molar-refractivity contribution in [3.63, 3.8) is 0 Å². The molecule has 0 atom stereocenters. The number of ether oxygens (including phenoxy) is 1. The van der Waals surface area contributed by atoms with Gasteiger partial charge in [0, 0.05) is 30.6 Å². The Morgan fingerprint density at radius 1 is 1.20 bits per heavy atom. The lowest BCUT2D eigenvalue weighted by Crippen LogP contribution is -2.24. The minimum Gasteiger partial charge on any atom is -0.508 e. The Morgan fingerprint density at radius 2 is 2.00 bits per heavy atom. The van der Waals surface area contributed by atoms with Gasteiger partial charge in [-0.15, -0.1) is 0 Å². The van der Waals surface area contributed by atoms with Crippen LogP contribution in [0.5, 0.6) is 11.5 Å². The van der Waals surface area contributed by atoms with Crippen LogP contribution in [0.1, 0.15) is 5.56 Å². The molecule has 2 aromatic carbocycles. The molecule has 0 aliphatic rings. The fourth-order valence-electron chi connectivity index (χ4n) is 2.59. The van der Waals surface area contributed by atoms with Crippen LogP contribution in [0.3, 0.4) is 0 Å². The molecule has 0 saturated heterocycles. The van der Waals surface area contributed by atoms with E-state index in [0.29, 0.717) is 25.3 Å². The lowest BCUT2D eigenvalue weighted by atomic mass is 10.1. The maximum atomic E-state index is 13.5. The van der Waals surface area contributed by atoms with Gasteiger partial charge in [-0.25, -0.2) is 9.18 Å². The summed E-state index contributed by atoms with van der Waals surface area (Å²) in [6, 6.07) is 12.4. The quantitative estimate of drug-likeness (QED) is 0.697. The van der Waals surface area contributed by atoms with Crippen LogP contribution in [0, 0.1) is 5.82 Å². The van der Waals surface area contributed by atoms with Crippen LogP contribution in [0.2, 0.25) is 0 Å². The first-order valence-corrected chi connectivity index (χ1v) is 7.84. The number of fused-ring (bicyclic) bond motifs is 1. The highest BCUT2D eigenvalue weighted by molar-refractivity contribution is 5.81. The maximum Gasteiger partial charge on any atom is 0.336 e. The predicted octanol–water partition coefficient (Wildman–Crippen LogP) is 3.15. The van der Waals surface area contributed by atoms with Gasteiger partial charge in [-0.1, -0.05) is 12.1 Å². The average molecular weight is 343 g/mol. The van der Waals surface area contributed by atoms with Gasteiger partial charge in [0.05, 0.1) is 0 Å². The van der Waals surface area contributed by atoms with Gasteiger partial charge in [0.2, 0.25) is 0 Å². The molecular formula is C19H18FNO4. The number of para-hydroxylation sites is 1. The van der Waals surface area contributed by atoms with Crippen LogP contribution in [0.25, 0.3) is 11.0 Å². The normalized spacial score (nSPS) is 11.2. The second kappa shape index (κ2) is 7.36. The zero-order chi connectivity index (χ0) is 17.8. The Kier molecular flexibility index (Phi) is 5.00. The Hall–Kier alpha value is -2.86. The zero-order valence-electron chi connectivity index (χ0n) is 13.7. The minimum absolute atomic E-state index is 0.0412. The molecule has 0 aliphatic carbocycles. The van der Waals surface area contributed by atoms with Crippen molar-refractivity contribution < 1.29 is 18.7 Å². The molecule has 1 N–H and O–H groups in total. The molecule has 0 bridgehead atoms.